The molecule has 6 heteroatoms. The van der Waals surface area contributed by atoms with Crippen LogP contribution in [-0.2, 0) is 6.54 Å². The van der Waals surface area contributed by atoms with E-state index in [4.69, 9.17) is 11.6 Å². The lowest BCUT2D eigenvalue weighted by molar-refractivity contribution is 0.0640. The van der Waals surface area contributed by atoms with Gasteiger partial charge in [-0.25, -0.2) is 4.98 Å². The Hall–Kier alpha value is -2.27. The van der Waals surface area contributed by atoms with Crippen LogP contribution in [0.15, 0.2) is 36.7 Å². The van der Waals surface area contributed by atoms with Gasteiger partial charge < -0.3 is 0 Å². The van der Waals surface area contributed by atoms with Gasteiger partial charge in [-0.05, 0) is 12.1 Å². The van der Waals surface area contributed by atoms with E-state index < -0.39 is 0 Å². The molecule has 0 unspecified atom stereocenters. The van der Waals surface area contributed by atoms with Crippen LogP contribution < -0.4 is 0 Å². The molecule has 1 aliphatic heterocycles. The Morgan fingerprint density at radius 1 is 1.00 bits per heavy atom. The summed E-state index contributed by atoms with van der Waals surface area (Å²) in [6.45, 7) is 0.0268. The van der Waals surface area contributed by atoms with Crippen molar-refractivity contribution in [1.29, 1.82) is 0 Å². The highest BCUT2D eigenvalue weighted by molar-refractivity contribution is 6.30. The fourth-order valence-electron chi connectivity index (χ4n) is 1.99. The number of halogens is 1. The smallest absolute Gasteiger partial charge is 0.261 e. The summed E-state index contributed by atoms with van der Waals surface area (Å²) in [5.74, 6) is -0.662. The van der Waals surface area contributed by atoms with Gasteiger partial charge in [0.15, 0.2) is 5.15 Å². The van der Waals surface area contributed by atoms with E-state index in [1.54, 1.807) is 24.3 Å². The van der Waals surface area contributed by atoms with E-state index in [1.807, 2.05) is 0 Å². The Morgan fingerprint density at radius 3 is 2.16 bits per heavy atom. The van der Waals surface area contributed by atoms with Gasteiger partial charge >= 0.3 is 0 Å². The second-order valence-electron chi connectivity index (χ2n) is 4.04. The van der Waals surface area contributed by atoms with Crippen molar-refractivity contribution in [3.05, 3.63) is 58.6 Å². The molecule has 0 spiro atoms. The van der Waals surface area contributed by atoms with Crippen molar-refractivity contribution in [3.8, 4) is 0 Å². The number of aromatic nitrogens is 2. The molecular formula is C13H8ClN3O2. The van der Waals surface area contributed by atoms with Gasteiger partial charge in [-0.15, -0.1) is 0 Å². The molecule has 1 aromatic carbocycles. The summed E-state index contributed by atoms with van der Waals surface area (Å²) in [7, 11) is 0. The highest BCUT2D eigenvalue weighted by atomic mass is 35.5. The molecule has 94 valence electrons. The number of carbonyl (C=O) groups is 2. The maximum absolute atomic E-state index is 12.1. The van der Waals surface area contributed by atoms with Crippen LogP contribution in [-0.4, -0.2) is 26.7 Å². The lowest BCUT2D eigenvalue weighted by atomic mass is 10.1. The number of fused-ring (bicyclic) bond motifs is 1. The van der Waals surface area contributed by atoms with Crippen LogP contribution in [0.25, 0.3) is 0 Å². The first-order valence-corrected chi connectivity index (χ1v) is 5.97. The Balaban J connectivity index is 1.95. The van der Waals surface area contributed by atoms with Gasteiger partial charge in [0.1, 0.15) is 0 Å². The average Bonchev–Trinajstić information content (AvgIpc) is 2.67. The summed E-state index contributed by atoms with van der Waals surface area (Å²) < 4.78 is 0. The zero-order valence-corrected chi connectivity index (χ0v) is 10.5. The van der Waals surface area contributed by atoms with Crippen LogP contribution in [0, 0.1) is 0 Å². The van der Waals surface area contributed by atoms with E-state index in [-0.39, 0.29) is 23.5 Å². The fraction of sp³-hybridized carbons (Fsp3) is 0.0769. The van der Waals surface area contributed by atoms with Crippen molar-refractivity contribution in [2.24, 2.45) is 0 Å². The first-order valence-electron chi connectivity index (χ1n) is 5.59. The van der Waals surface area contributed by atoms with Crippen LogP contribution in [0.5, 0.6) is 0 Å². The van der Waals surface area contributed by atoms with Crippen LogP contribution in [0.2, 0.25) is 5.15 Å². The Labute approximate surface area is 113 Å². The van der Waals surface area contributed by atoms with Crippen LogP contribution in [0.3, 0.4) is 0 Å². The molecule has 5 nitrogen and oxygen atoms in total. The molecule has 2 amide bonds. The minimum atomic E-state index is -0.331. The standard InChI is InChI=1S/C13H8ClN3O2/c14-11-10(15-5-6-16-11)7-17-12(18)8-3-1-2-4-9(8)13(17)19/h1-6H,7H2. The average molecular weight is 274 g/mol. The molecule has 1 aromatic heterocycles. The Kier molecular flexibility index (Phi) is 2.76. The lowest BCUT2D eigenvalue weighted by Gasteiger charge is -2.13. The molecule has 0 fully saturated rings. The summed E-state index contributed by atoms with van der Waals surface area (Å²) in [6.07, 6.45) is 2.92. The van der Waals surface area contributed by atoms with Gasteiger partial charge in [-0.2, -0.15) is 0 Å². The topological polar surface area (TPSA) is 63.2 Å². The zero-order valence-electron chi connectivity index (χ0n) is 9.71. The third-order valence-electron chi connectivity index (χ3n) is 2.91. The minimum absolute atomic E-state index is 0.0268. The van der Waals surface area contributed by atoms with Crippen LogP contribution >= 0.6 is 11.6 Å². The number of benzene rings is 1. The molecule has 0 atom stereocenters. The van der Waals surface area contributed by atoms with Crippen molar-refractivity contribution in [3.63, 3.8) is 0 Å². The normalized spacial score (nSPS) is 13.8. The van der Waals surface area contributed by atoms with E-state index in [1.165, 1.54) is 12.4 Å². The van der Waals surface area contributed by atoms with Gasteiger partial charge in [-0.1, -0.05) is 23.7 Å². The summed E-state index contributed by atoms with van der Waals surface area (Å²) in [6, 6.07) is 6.72. The first kappa shape index (κ1) is 11.8. The molecule has 0 aliphatic carbocycles. The van der Waals surface area contributed by atoms with E-state index in [0.29, 0.717) is 16.8 Å². The van der Waals surface area contributed by atoms with Gasteiger partial charge in [0.25, 0.3) is 11.8 Å². The van der Waals surface area contributed by atoms with Crippen molar-refractivity contribution < 1.29 is 9.59 Å². The first-order chi connectivity index (χ1) is 9.18. The van der Waals surface area contributed by atoms with Crippen molar-refractivity contribution in [2.75, 3.05) is 0 Å². The second kappa shape index (κ2) is 4.44. The summed E-state index contributed by atoms with van der Waals surface area (Å²) in [5.41, 5.74) is 1.22. The van der Waals surface area contributed by atoms with Crippen LogP contribution in [0.1, 0.15) is 26.4 Å². The summed E-state index contributed by atoms with van der Waals surface area (Å²) >= 11 is 5.89. The molecule has 2 heterocycles. The zero-order chi connectivity index (χ0) is 13.4. The Morgan fingerprint density at radius 2 is 1.58 bits per heavy atom. The van der Waals surface area contributed by atoms with E-state index >= 15 is 0 Å². The molecule has 0 saturated heterocycles. The molecular weight excluding hydrogens is 266 g/mol. The molecule has 1 aliphatic rings. The number of rotatable bonds is 2. The number of hydrogen-bond acceptors (Lipinski definition) is 4. The second-order valence-corrected chi connectivity index (χ2v) is 4.39. The van der Waals surface area contributed by atoms with E-state index in [9.17, 15) is 9.59 Å². The lowest BCUT2D eigenvalue weighted by Crippen LogP contribution is -2.29. The SMILES string of the molecule is O=C1c2ccccc2C(=O)N1Cc1nccnc1Cl. The third-order valence-corrected chi connectivity index (χ3v) is 3.22. The molecule has 3 rings (SSSR count). The predicted octanol–water partition coefficient (Wildman–Crippen LogP) is 1.93. The number of imide groups is 1. The van der Waals surface area contributed by atoms with Gasteiger partial charge in [0, 0.05) is 12.4 Å². The van der Waals surface area contributed by atoms with Gasteiger partial charge in [0.05, 0.1) is 23.4 Å². The molecule has 0 N–H and O–H groups in total. The summed E-state index contributed by atoms with van der Waals surface area (Å²) in [4.78, 5) is 33.3. The van der Waals surface area contributed by atoms with Crippen LogP contribution in [0.4, 0.5) is 0 Å². The third kappa shape index (κ3) is 1.88. The van der Waals surface area contributed by atoms with E-state index in [0.717, 1.165) is 4.90 Å². The van der Waals surface area contributed by atoms with E-state index in [2.05, 4.69) is 9.97 Å². The molecule has 0 radical (unpaired) electrons. The number of nitrogens with zero attached hydrogens (tertiary/aromatic N) is 3. The molecule has 19 heavy (non-hydrogen) atoms. The highest BCUT2D eigenvalue weighted by Gasteiger charge is 2.35. The predicted molar refractivity (Wildman–Crippen MR) is 67.7 cm³/mol. The maximum Gasteiger partial charge on any atom is 0.261 e. The number of carbonyl (C=O) groups excluding carboxylic acids is 2. The minimum Gasteiger partial charge on any atom is -0.269 e. The number of hydrogen-bond donors (Lipinski definition) is 0. The summed E-state index contributed by atoms with van der Waals surface area (Å²) in [5, 5.41) is 0.194. The largest absolute Gasteiger partial charge is 0.269 e. The monoisotopic (exact) mass is 273 g/mol. The fourth-order valence-corrected chi connectivity index (χ4v) is 2.15. The molecule has 0 saturated carbocycles. The molecule has 0 bridgehead atoms. The Bertz CT molecular complexity index is 652. The highest BCUT2D eigenvalue weighted by Crippen LogP contribution is 2.24. The molecule has 2 aromatic rings. The maximum atomic E-state index is 12.1. The van der Waals surface area contributed by atoms with Gasteiger partial charge in [-0.3, -0.25) is 19.5 Å². The quantitative estimate of drug-likeness (QED) is 0.784. The van der Waals surface area contributed by atoms with Crippen molar-refractivity contribution >= 4 is 23.4 Å². The number of amides is 2. The van der Waals surface area contributed by atoms with Gasteiger partial charge in [0.2, 0.25) is 0 Å². The van der Waals surface area contributed by atoms with Crippen molar-refractivity contribution in [2.45, 2.75) is 6.54 Å². The van der Waals surface area contributed by atoms with Crippen molar-refractivity contribution in [1.82, 2.24) is 14.9 Å².